The van der Waals surface area contributed by atoms with Crippen LogP contribution in [0.2, 0.25) is 0 Å². The van der Waals surface area contributed by atoms with Gasteiger partial charge in [0.05, 0.1) is 34.8 Å². The van der Waals surface area contributed by atoms with Crippen molar-refractivity contribution < 1.29 is 4.79 Å². The van der Waals surface area contributed by atoms with Crippen LogP contribution in [0.5, 0.6) is 0 Å². The van der Waals surface area contributed by atoms with E-state index in [4.69, 9.17) is 4.98 Å². The summed E-state index contributed by atoms with van der Waals surface area (Å²) >= 11 is 0. The van der Waals surface area contributed by atoms with E-state index in [2.05, 4.69) is 38.9 Å². The van der Waals surface area contributed by atoms with E-state index in [1.54, 1.807) is 6.33 Å². The summed E-state index contributed by atoms with van der Waals surface area (Å²) in [5, 5.41) is 8.71. The highest BCUT2D eigenvalue weighted by molar-refractivity contribution is 6.04. The highest BCUT2D eigenvalue weighted by atomic mass is 16.2. The molecule has 1 fully saturated rings. The number of amides is 1. The molecule has 29 heavy (non-hydrogen) atoms. The van der Waals surface area contributed by atoms with Crippen LogP contribution in [-0.4, -0.2) is 61.6 Å². The second kappa shape index (κ2) is 8.14. The summed E-state index contributed by atoms with van der Waals surface area (Å²) in [4.78, 5) is 29.5. The molecule has 3 heterocycles. The fourth-order valence-corrected chi connectivity index (χ4v) is 4.10. The normalized spacial score (nSPS) is 16.5. The smallest absolute Gasteiger partial charge is 0.256 e. The quantitative estimate of drug-likeness (QED) is 0.692. The summed E-state index contributed by atoms with van der Waals surface area (Å²) < 4.78 is 0. The number of H-pyrrole nitrogens is 1. The highest BCUT2D eigenvalue weighted by Crippen LogP contribution is 2.24. The molecule has 1 unspecified atom stereocenters. The van der Waals surface area contributed by atoms with Crippen LogP contribution in [0.15, 0.2) is 24.5 Å². The van der Waals surface area contributed by atoms with Gasteiger partial charge in [0.25, 0.3) is 5.91 Å². The Bertz CT molecular complexity index is 1020. The third kappa shape index (κ3) is 3.54. The minimum atomic E-state index is 0.0201. The zero-order valence-electron chi connectivity index (χ0n) is 17.2. The van der Waals surface area contributed by atoms with E-state index in [0.717, 1.165) is 48.2 Å². The number of carbonyl (C=O) groups excluding carboxylic acids is 1. The van der Waals surface area contributed by atoms with Crippen LogP contribution < -0.4 is 4.90 Å². The molecule has 1 aliphatic rings. The molecular weight excluding hydrogens is 366 g/mol. The molecule has 0 bridgehead atoms. The number of aromatic nitrogens is 5. The average Bonchev–Trinajstić information content (AvgIpc) is 3.43. The predicted molar refractivity (Wildman–Crippen MR) is 112 cm³/mol. The molecule has 1 atom stereocenters. The van der Waals surface area contributed by atoms with Crippen molar-refractivity contribution >= 4 is 22.9 Å². The predicted octanol–water partition coefficient (Wildman–Crippen LogP) is 2.61. The Kier molecular flexibility index (Phi) is 5.42. The lowest BCUT2D eigenvalue weighted by molar-refractivity contribution is 0.0707. The molecule has 4 rings (SSSR count). The summed E-state index contributed by atoms with van der Waals surface area (Å²) in [7, 11) is 0. The van der Waals surface area contributed by atoms with Crippen LogP contribution in [0.4, 0.5) is 5.95 Å². The number of carbonyl (C=O) groups is 1. The van der Waals surface area contributed by atoms with Crippen LogP contribution >= 0.6 is 0 Å². The maximum absolute atomic E-state index is 13.3. The van der Waals surface area contributed by atoms with Gasteiger partial charge in [-0.1, -0.05) is 19.9 Å². The average molecular weight is 393 g/mol. The molecule has 0 saturated carbocycles. The Morgan fingerprint density at radius 2 is 2.03 bits per heavy atom. The third-order valence-electron chi connectivity index (χ3n) is 5.67. The van der Waals surface area contributed by atoms with E-state index in [1.807, 2.05) is 30.0 Å². The Morgan fingerprint density at radius 3 is 2.79 bits per heavy atom. The number of imidazole rings is 1. The monoisotopic (exact) mass is 393 g/mol. The molecule has 152 valence electrons. The van der Waals surface area contributed by atoms with Crippen molar-refractivity contribution in [2.75, 3.05) is 24.5 Å². The summed E-state index contributed by atoms with van der Waals surface area (Å²) in [5.41, 5.74) is 4.21. The van der Waals surface area contributed by atoms with Crippen LogP contribution in [-0.2, 0) is 12.8 Å². The van der Waals surface area contributed by atoms with Crippen molar-refractivity contribution in [1.82, 2.24) is 30.0 Å². The molecule has 1 saturated heterocycles. The van der Waals surface area contributed by atoms with Crippen molar-refractivity contribution in [1.29, 1.82) is 0 Å². The second-order valence-corrected chi connectivity index (χ2v) is 7.30. The lowest BCUT2D eigenvalue weighted by Gasteiger charge is -2.28. The van der Waals surface area contributed by atoms with Crippen LogP contribution in [0, 0.1) is 0 Å². The van der Waals surface area contributed by atoms with Gasteiger partial charge in [0.15, 0.2) is 0 Å². The minimum absolute atomic E-state index is 0.0201. The molecule has 2 aromatic heterocycles. The molecule has 1 amide bonds. The van der Waals surface area contributed by atoms with Gasteiger partial charge in [-0.05, 0) is 38.3 Å². The van der Waals surface area contributed by atoms with Crippen molar-refractivity contribution in [3.63, 3.8) is 0 Å². The Morgan fingerprint density at radius 1 is 1.21 bits per heavy atom. The van der Waals surface area contributed by atoms with E-state index in [-0.39, 0.29) is 11.9 Å². The van der Waals surface area contributed by atoms with Crippen LogP contribution in [0.1, 0.15) is 48.9 Å². The number of para-hydroxylation sites is 1. The minimum Gasteiger partial charge on any atom is -0.345 e. The van der Waals surface area contributed by atoms with Crippen molar-refractivity contribution in [3.8, 4) is 0 Å². The van der Waals surface area contributed by atoms with Gasteiger partial charge in [-0.3, -0.25) is 4.79 Å². The summed E-state index contributed by atoms with van der Waals surface area (Å²) in [5.74, 6) is 0.686. The number of aromatic amines is 1. The number of hydrogen-bond donors (Lipinski definition) is 1. The molecule has 0 radical (unpaired) electrons. The SMILES string of the molecule is CCc1nnc(N2CCC(N(CC)C(=O)c3cccc4[nH]cnc34)C2)nc1CC. The fraction of sp³-hybridized carbons (Fsp3) is 0.476. The third-order valence-corrected chi connectivity index (χ3v) is 5.67. The van der Waals surface area contributed by atoms with Crippen molar-refractivity contribution in [2.45, 2.75) is 46.1 Å². The number of nitrogens with one attached hydrogen (secondary N) is 1. The molecule has 0 spiro atoms. The number of hydrogen-bond acceptors (Lipinski definition) is 6. The number of likely N-dealkylation sites (N-methyl/N-ethyl adjacent to an activating group) is 1. The second-order valence-electron chi connectivity index (χ2n) is 7.30. The Balaban J connectivity index is 1.54. The van der Waals surface area contributed by atoms with Crippen molar-refractivity contribution in [2.24, 2.45) is 0 Å². The summed E-state index contributed by atoms with van der Waals surface area (Å²) in [6.45, 7) is 8.36. The van der Waals surface area contributed by atoms with Gasteiger partial charge >= 0.3 is 0 Å². The first-order valence-electron chi connectivity index (χ1n) is 10.4. The van der Waals surface area contributed by atoms with Crippen LogP contribution in [0.25, 0.3) is 11.0 Å². The zero-order chi connectivity index (χ0) is 20.4. The van der Waals surface area contributed by atoms with Crippen molar-refractivity contribution in [3.05, 3.63) is 41.5 Å². The van der Waals surface area contributed by atoms with Gasteiger partial charge in [-0.2, -0.15) is 5.10 Å². The van der Waals surface area contributed by atoms with E-state index in [0.29, 0.717) is 24.6 Å². The Hall–Kier alpha value is -3.03. The largest absolute Gasteiger partial charge is 0.345 e. The molecule has 1 N–H and O–H groups in total. The maximum Gasteiger partial charge on any atom is 0.256 e. The lowest BCUT2D eigenvalue weighted by atomic mass is 10.1. The highest BCUT2D eigenvalue weighted by Gasteiger charge is 2.32. The van der Waals surface area contributed by atoms with Gasteiger partial charge in [0, 0.05) is 19.6 Å². The van der Waals surface area contributed by atoms with Gasteiger partial charge in [0.2, 0.25) is 5.95 Å². The first kappa shape index (κ1) is 19.3. The summed E-state index contributed by atoms with van der Waals surface area (Å²) in [6.07, 6.45) is 4.19. The standard InChI is InChI=1S/C21H27N7O/c1-4-16-17(5-2)25-26-21(24-16)27-11-10-14(12-27)28(6-3)20(29)15-8-7-9-18-19(15)23-13-22-18/h7-9,13-14H,4-6,10-12H2,1-3H3,(H,22,23). The number of nitrogens with zero attached hydrogens (tertiary/aromatic N) is 6. The zero-order valence-corrected chi connectivity index (χ0v) is 17.2. The number of benzene rings is 1. The molecule has 8 nitrogen and oxygen atoms in total. The summed E-state index contributed by atoms with van der Waals surface area (Å²) in [6, 6.07) is 5.79. The first-order valence-corrected chi connectivity index (χ1v) is 10.4. The topological polar surface area (TPSA) is 90.9 Å². The van der Waals surface area contributed by atoms with E-state index < -0.39 is 0 Å². The number of fused-ring (bicyclic) bond motifs is 1. The first-order chi connectivity index (χ1) is 14.2. The van der Waals surface area contributed by atoms with E-state index in [1.165, 1.54) is 0 Å². The van der Waals surface area contributed by atoms with Gasteiger partial charge < -0.3 is 14.8 Å². The van der Waals surface area contributed by atoms with Gasteiger partial charge in [-0.25, -0.2) is 9.97 Å². The van der Waals surface area contributed by atoms with E-state index >= 15 is 0 Å². The number of rotatable bonds is 6. The maximum atomic E-state index is 13.3. The Labute approximate surface area is 170 Å². The van der Waals surface area contributed by atoms with E-state index in [9.17, 15) is 4.79 Å². The molecule has 0 aliphatic carbocycles. The van der Waals surface area contributed by atoms with Gasteiger partial charge in [0.1, 0.15) is 5.52 Å². The molecule has 3 aromatic rings. The molecule has 8 heteroatoms. The van der Waals surface area contributed by atoms with Gasteiger partial charge in [-0.15, -0.1) is 5.10 Å². The number of aryl methyl sites for hydroxylation is 2. The molecule has 1 aliphatic heterocycles. The molecular formula is C21H27N7O. The fourth-order valence-electron chi connectivity index (χ4n) is 4.10. The lowest BCUT2D eigenvalue weighted by Crippen LogP contribution is -2.42. The molecule has 1 aromatic carbocycles. The van der Waals surface area contributed by atoms with Crippen LogP contribution in [0.3, 0.4) is 0 Å². The number of anilines is 1.